The minimum atomic E-state index is -0.714. The summed E-state index contributed by atoms with van der Waals surface area (Å²) < 4.78 is 15.1. The molecule has 0 aromatic heterocycles. The van der Waals surface area contributed by atoms with Gasteiger partial charge in [-0.25, -0.2) is 4.79 Å². The van der Waals surface area contributed by atoms with Gasteiger partial charge in [0, 0.05) is 24.3 Å². The largest absolute Gasteiger partial charge is 0.497 e. The lowest BCUT2D eigenvalue weighted by Crippen LogP contribution is -2.13. The van der Waals surface area contributed by atoms with Gasteiger partial charge in [-0.1, -0.05) is 0 Å². The zero-order chi connectivity index (χ0) is 19.8. The third-order valence-electron chi connectivity index (χ3n) is 3.57. The molecule has 0 aliphatic carbocycles. The minimum Gasteiger partial charge on any atom is -0.497 e. The number of nitrogens with zero attached hydrogens (tertiary/aromatic N) is 1. The average molecular weight is 371 g/mol. The Morgan fingerprint density at radius 1 is 1.07 bits per heavy atom. The number of rotatable bonds is 8. The summed E-state index contributed by atoms with van der Waals surface area (Å²) >= 11 is 0. The van der Waals surface area contributed by atoms with E-state index in [1.807, 2.05) is 0 Å². The Balaban J connectivity index is 1.95. The molecule has 0 bridgehead atoms. The minimum absolute atomic E-state index is 0.0474. The maximum absolute atomic E-state index is 12.2. The first-order valence-corrected chi connectivity index (χ1v) is 7.79. The Hall–Kier alpha value is -3.68. The molecule has 0 unspecified atom stereocenters. The zero-order valence-electron chi connectivity index (χ0n) is 14.7. The van der Waals surface area contributed by atoms with Crippen molar-refractivity contribution in [1.29, 1.82) is 0 Å². The fourth-order valence-corrected chi connectivity index (χ4v) is 2.16. The lowest BCUT2D eigenvalue weighted by atomic mass is 10.1. The molecule has 0 heterocycles. The highest BCUT2D eigenvalue weighted by atomic mass is 16.6. The molecule has 0 saturated carbocycles. The molecule has 8 nitrogen and oxygen atoms in total. The van der Waals surface area contributed by atoms with Gasteiger partial charge in [-0.05, 0) is 35.9 Å². The number of hydrogen-bond acceptors (Lipinski definition) is 7. The van der Waals surface area contributed by atoms with E-state index in [0.717, 1.165) is 6.08 Å². The first-order chi connectivity index (χ1) is 12.9. The van der Waals surface area contributed by atoms with Gasteiger partial charge in [-0.3, -0.25) is 14.9 Å². The summed E-state index contributed by atoms with van der Waals surface area (Å²) in [4.78, 5) is 34.1. The molecule has 0 aliphatic rings. The van der Waals surface area contributed by atoms with E-state index in [1.54, 1.807) is 12.1 Å². The summed E-state index contributed by atoms with van der Waals surface area (Å²) in [5.41, 5.74) is 0.805. The topological polar surface area (TPSA) is 105 Å². The second kappa shape index (κ2) is 9.14. The third-order valence-corrected chi connectivity index (χ3v) is 3.57. The molecule has 0 aliphatic heterocycles. The van der Waals surface area contributed by atoms with Crippen molar-refractivity contribution in [2.75, 3.05) is 20.8 Å². The number of carbonyl (C=O) groups excluding carboxylic acids is 2. The summed E-state index contributed by atoms with van der Waals surface area (Å²) in [5.74, 6) is -0.288. The molecule has 0 radical (unpaired) electrons. The molecule has 8 heteroatoms. The third kappa shape index (κ3) is 5.40. The van der Waals surface area contributed by atoms with Gasteiger partial charge in [0.05, 0.1) is 24.7 Å². The molecule has 0 fully saturated rings. The standard InChI is InChI=1S/C19H17NO7/c1-25-15-8-9-16(18(11-15)26-2)17(21)12-27-19(22)10-5-13-3-6-14(7-4-13)20(23)24/h3-11H,12H2,1-2H3/b10-5+. The van der Waals surface area contributed by atoms with Crippen LogP contribution in [0.15, 0.2) is 48.5 Å². The Bertz CT molecular complexity index is 872. The van der Waals surface area contributed by atoms with Gasteiger partial charge in [-0.2, -0.15) is 0 Å². The maximum atomic E-state index is 12.2. The van der Waals surface area contributed by atoms with Crippen LogP contribution in [0.5, 0.6) is 11.5 Å². The average Bonchev–Trinajstić information content (AvgIpc) is 2.70. The molecule has 140 valence electrons. The molecular formula is C19H17NO7. The van der Waals surface area contributed by atoms with Crippen molar-refractivity contribution in [3.05, 3.63) is 69.8 Å². The van der Waals surface area contributed by atoms with Crippen molar-refractivity contribution in [3.63, 3.8) is 0 Å². The van der Waals surface area contributed by atoms with Crippen molar-refractivity contribution < 1.29 is 28.7 Å². The van der Waals surface area contributed by atoms with Crippen molar-refractivity contribution >= 4 is 23.5 Å². The normalized spacial score (nSPS) is 10.4. The van der Waals surface area contributed by atoms with Crippen LogP contribution in [0.25, 0.3) is 6.08 Å². The van der Waals surface area contributed by atoms with Gasteiger partial charge >= 0.3 is 5.97 Å². The van der Waals surface area contributed by atoms with Crippen molar-refractivity contribution in [2.45, 2.75) is 0 Å². The summed E-state index contributed by atoms with van der Waals surface area (Å²) in [6.45, 7) is -0.452. The number of Topliss-reactive ketones (excluding diaryl/α,β-unsaturated/α-hetero) is 1. The maximum Gasteiger partial charge on any atom is 0.331 e. The Labute approximate surface area is 155 Å². The zero-order valence-corrected chi connectivity index (χ0v) is 14.7. The van der Waals surface area contributed by atoms with Crippen LogP contribution in [0, 0.1) is 10.1 Å². The van der Waals surface area contributed by atoms with Crippen LogP contribution in [-0.4, -0.2) is 37.5 Å². The lowest BCUT2D eigenvalue weighted by molar-refractivity contribution is -0.384. The summed E-state index contributed by atoms with van der Waals surface area (Å²) in [5, 5.41) is 10.6. The van der Waals surface area contributed by atoms with E-state index in [1.165, 1.54) is 50.6 Å². The number of esters is 1. The molecule has 0 N–H and O–H groups in total. The number of ether oxygens (including phenoxy) is 3. The first kappa shape index (κ1) is 19.6. The van der Waals surface area contributed by atoms with Gasteiger partial charge in [-0.15, -0.1) is 0 Å². The molecular weight excluding hydrogens is 354 g/mol. The number of non-ortho nitro benzene ring substituents is 1. The second-order valence-corrected chi connectivity index (χ2v) is 5.28. The number of hydrogen-bond donors (Lipinski definition) is 0. The van der Waals surface area contributed by atoms with Gasteiger partial charge in [0.25, 0.3) is 5.69 Å². The van der Waals surface area contributed by atoms with E-state index in [0.29, 0.717) is 17.1 Å². The quantitative estimate of drug-likeness (QED) is 0.231. The molecule has 27 heavy (non-hydrogen) atoms. The van der Waals surface area contributed by atoms with E-state index in [2.05, 4.69) is 0 Å². The highest BCUT2D eigenvalue weighted by Crippen LogP contribution is 2.25. The van der Waals surface area contributed by atoms with Crippen LogP contribution in [0.3, 0.4) is 0 Å². The summed E-state index contributed by atoms with van der Waals surface area (Å²) in [6, 6.07) is 10.3. The number of benzene rings is 2. The van der Waals surface area contributed by atoms with E-state index < -0.39 is 23.3 Å². The van der Waals surface area contributed by atoms with Crippen LogP contribution in [0.1, 0.15) is 15.9 Å². The monoisotopic (exact) mass is 371 g/mol. The van der Waals surface area contributed by atoms with Crippen molar-refractivity contribution in [1.82, 2.24) is 0 Å². The molecule has 0 amide bonds. The summed E-state index contributed by atoms with van der Waals surface area (Å²) in [6.07, 6.45) is 2.57. The molecule has 0 saturated heterocycles. The second-order valence-electron chi connectivity index (χ2n) is 5.28. The first-order valence-electron chi connectivity index (χ1n) is 7.79. The number of carbonyl (C=O) groups is 2. The van der Waals surface area contributed by atoms with Crippen molar-refractivity contribution in [3.8, 4) is 11.5 Å². The van der Waals surface area contributed by atoms with Crippen LogP contribution in [0.4, 0.5) is 5.69 Å². The van der Waals surface area contributed by atoms with E-state index in [9.17, 15) is 19.7 Å². The summed E-state index contributed by atoms with van der Waals surface area (Å²) in [7, 11) is 2.92. The molecule has 2 rings (SSSR count). The number of ketones is 1. The van der Waals surface area contributed by atoms with Crippen molar-refractivity contribution in [2.24, 2.45) is 0 Å². The van der Waals surface area contributed by atoms with Gasteiger partial charge < -0.3 is 14.2 Å². The fourth-order valence-electron chi connectivity index (χ4n) is 2.16. The number of methoxy groups -OCH3 is 2. The van der Waals surface area contributed by atoms with Crippen LogP contribution in [0.2, 0.25) is 0 Å². The Morgan fingerprint density at radius 2 is 1.78 bits per heavy atom. The van der Waals surface area contributed by atoms with Crippen LogP contribution in [-0.2, 0) is 9.53 Å². The molecule has 2 aromatic rings. The predicted molar refractivity (Wildman–Crippen MR) is 97.0 cm³/mol. The van der Waals surface area contributed by atoms with Gasteiger partial charge in [0.15, 0.2) is 6.61 Å². The SMILES string of the molecule is COc1ccc(C(=O)COC(=O)/C=C/c2ccc([N+](=O)[O-])cc2)c(OC)c1. The Kier molecular flexibility index (Phi) is 6.65. The van der Waals surface area contributed by atoms with Gasteiger partial charge in [0.1, 0.15) is 11.5 Å². The van der Waals surface area contributed by atoms with E-state index in [4.69, 9.17) is 14.2 Å². The van der Waals surface area contributed by atoms with E-state index >= 15 is 0 Å². The van der Waals surface area contributed by atoms with Gasteiger partial charge in [0.2, 0.25) is 5.78 Å². The molecule has 0 atom stereocenters. The molecule has 2 aromatic carbocycles. The van der Waals surface area contributed by atoms with Crippen LogP contribution >= 0.6 is 0 Å². The highest BCUT2D eigenvalue weighted by molar-refractivity contribution is 6.01. The highest BCUT2D eigenvalue weighted by Gasteiger charge is 2.15. The van der Waals surface area contributed by atoms with E-state index in [-0.39, 0.29) is 11.3 Å². The fraction of sp³-hybridized carbons (Fsp3) is 0.158. The Morgan fingerprint density at radius 3 is 2.37 bits per heavy atom. The predicted octanol–water partition coefficient (Wildman–Crippen LogP) is 3.05. The number of nitro groups is 1. The van der Waals surface area contributed by atoms with Crippen LogP contribution < -0.4 is 9.47 Å². The number of nitro benzene ring substituents is 1. The lowest BCUT2D eigenvalue weighted by Gasteiger charge is -2.09. The smallest absolute Gasteiger partial charge is 0.331 e. The molecule has 0 spiro atoms.